The maximum atomic E-state index is 5.94. The lowest BCUT2D eigenvalue weighted by atomic mass is 10.1. The van der Waals surface area contributed by atoms with Gasteiger partial charge in [-0.3, -0.25) is 9.89 Å². The lowest BCUT2D eigenvalue weighted by molar-refractivity contribution is -0.0284. The third kappa shape index (κ3) is 6.51. The van der Waals surface area contributed by atoms with Crippen LogP contribution in [0.1, 0.15) is 38.7 Å². The number of rotatable bonds is 8. The summed E-state index contributed by atoms with van der Waals surface area (Å²) in [5.74, 6) is 2.98. The Labute approximate surface area is 164 Å². The molecule has 1 aliphatic heterocycles. The molecule has 0 radical (unpaired) electrons. The summed E-state index contributed by atoms with van der Waals surface area (Å²) in [5.41, 5.74) is 1.46. The lowest BCUT2D eigenvalue weighted by Gasteiger charge is -2.34. The van der Waals surface area contributed by atoms with Crippen LogP contribution in [-0.2, 0) is 4.74 Å². The van der Waals surface area contributed by atoms with Crippen molar-refractivity contribution in [3.63, 3.8) is 0 Å². The largest absolute Gasteiger partial charge is 0.374 e. The maximum Gasteiger partial charge on any atom is 0.191 e. The van der Waals surface area contributed by atoms with Crippen LogP contribution in [0.15, 0.2) is 35.3 Å². The van der Waals surface area contributed by atoms with Gasteiger partial charge in [0, 0.05) is 39.3 Å². The molecule has 1 aromatic carbocycles. The van der Waals surface area contributed by atoms with Gasteiger partial charge in [-0.1, -0.05) is 44.2 Å². The number of ether oxygens (including phenoxy) is 1. The molecule has 5 nitrogen and oxygen atoms in total. The van der Waals surface area contributed by atoms with E-state index in [0.717, 1.165) is 51.8 Å². The Hall–Kier alpha value is -1.59. The van der Waals surface area contributed by atoms with E-state index < -0.39 is 0 Å². The number of hydrogen-bond acceptors (Lipinski definition) is 3. The van der Waals surface area contributed by atoms with E-state index in [4.69, 9.17) is 9.73 Å². The highest BCUT2D eigenvalue weighted by Crippen LogP contribution is 2.47. The SMILES string of the molecule is CCNC(=NCC1CC1c1ccccc1)NCC1CN(CC(C)C)CCO1. The van der Waals surface area contributed by atoms with Crippen LogP contribution in [0.5, 0.6) is 0 Å². The quantitative estimate of drug-likeness (QED) is 0.544. The topological polar surface area (TPSA) is 48.9 Å². The molecular weight excluding hydrogens is 336 g/mol. The average Bonchev–Trinajstić information content (AvgIpc) is 3.44. The zero-order valence-corrected chi connectivity index (χ0v) is 17.2. The first-order valence-electron chi connectivity index (χ1n) is 10.6. The summed E-state index contributed by atoms with van der Waals surface area (Å²) < 4.78 is 5.94. The van der Waals surface area contributed by atoms with Gasteiger partial charge >= 0.3 is 0 Å². The average molecular weight is 373 g/mol. The van der Waals surface area contributed by atoms with E-state index in [2.05, 4.69) is 66.6 Å². The predicted molar refractivity (Wildman–Crippen MR) is 112 cm³/mol. The van der Waals surface area contributed by atoms with Crippen LogP contribution in [0.25, 0.3) is 0 Å². The molecule has 5 heteroatoms. The van der Waals surface area contributed by atoms with E-state index in [0.29, 0.717) is 17.8 Å². The molecule has 3 rings (SSSR count). The van der Waals surface area contributed by atoms with Crippen LogP contribution in [0.2, 0.25) is 0 Å². The highest BCUT2D eigenvalue weighted by molar-refractivity contribution is 5.79. The summed E-state index contributed by atoms with van der Waals surface area (Å²) in [6.45, 7) is 13.3. The smallest absolute Gasteiger partial charge is 0.191 e. The number of nitrogens with zero attached hydrogens (tertiary/aromatic N) is 2. The van der Waals surface area contributed by atoms with Gasteiger partial charge < -0.3 is 15.4 Å². The predicted octanol–water partition coefficient (Wildman–Crippen LogP) is 2.70. The van der Waals surface area contributed by atoms with Crippen molar-refractivity contribution < 1.29 is 4.74 Å². The molecule has 0 amide bonds. The summed E-state index contributed by atoms with van der Waals surface area (Å²) in [6.07, 6.45) is 1.49. The highest BCUT2D eigenvalue weighted by atomic mass is 16.5. The summed E-state index contributed by atoms with van der Waals surface area (Å²) in [5, 5.41) is 6.86. The number of hydrogen-bond donors (Lipinski definition) is 2. The maximum absolute atomic E-state index is 5.94. The summed E-state index contributed by atoms with van der Waals surface area (Å²) >= 11 is 0. The van der Waals surface area contributed by atoms with Gasteiger partial charge in [-0.25, -0.2) is 0 Å². The lowest BCUT2D eigenvalue weighted by Crippen LogP contribution is -2.50. The van der Waals surface area contributed by atoms with Crippen LogP contribution in [0, 0.1) is 11.8 Å². The van der Waals surface area contributed by atoms with Gasteiger partial charge in [0.25, 0.3) is 0 Å². The first kappa shape index (κ1) is 20.2. The Morgan fingerprint density at radius 2 is 2.07 bits per heavy atom. The zero-order valence-electron chi connectivity index (χ0n) is 17.2. The van der Waals surface area contributed by atoms with Crippen molar-refractivity contribution in [1.82, 2.24) is 15.5 Å². The highest BCUT2D eigenvalue weighted by Gasteiger charge is 2.37. The van der Waals surface area contributed by atoms with Crippen LogP contribution < -0.4 is 10.6 Å². The minimum atomic E-state index is 0.236. The first-order valence-corrected chi connectivity index (χ1v) is 10.6. The minimum Gasteiger partial charge on any atom is -0.374 e. The molecule has 0 aromatic heterocycles. The molecule has 3 unspecified atom stereocenters. The molecule has 1 aromatic rings. The zero-order chi connectivity index (χ0) is 19.1. The molecule has 0 spiro atoms. The van der Waals surface area contributed by atoms with E-state index in [1.54, 1.807) is 0 Å². The van der Waals surface area contributed by atoms with Crippen molar-refractivity contribution in [1.29, 1.82) is 0 Å². The van der Waals surface area contributed by atoms with Gasteiger partial charge in [0.1, 0.15) is 0 Å². The van der Waals surface area contributed by atoms with Crippen molar-refractivity contribution in [3.8, 4) is 0 Å². The Morgan fingerprint density at radius 1 is 1.26 bits per heavy atom. The fourth-order valence-electron chi connectivity index (χ4n) is 3.90. The normalized spacial score (nSPS) is 26.2. The molecular formula is C22H36N4O. The van der Waals surface area contributed by atoms with Gasteiger partial charge in [0.15, 0.2) is 5.96 Å². The molecule has 1 saturated carbocycles. The van der Waals surface area contributed by atoms with Gasteiger partial charge in [-0.2, -0.15) is 0 Å². The van der Waals surface area contributed by atoms with E-state index in [-0.39, 0.29) is 6.10 Å². The van der Waals surface area contributed by atoms with Crippen LogP contribution in [0.3, 0.4) is 0 Å². The van der Waals surface area contributed by atoms with Crippen LogP contribution >= 0.6 is 0 Å². The Kier molecular flexibility index (Phi) is 7.53. The van der Waals surface area contributed by atoms with Crippen molar-refractivity contribution >= 4 is 5.96 Å². The van der Waals surface area contributed by atoms with E-state index in [1.807, 2.05) is 0 Å². The van der Waals surface area contributed by atoms with Crippen molar-refractivity contribution in [3.05, 3.63) is 35.9 Å². The van der Waals surface area contributed by atoms with Crippen LogP contribution in [-0.4, -0.2) is 62.8 Å². The van der Waals surface area contributed by atoms with E-state index >= 15 is 0 Å². The Balaban J connectivity index is 1.44. The second-order valence-corrected chi connectivity index (χ2v) is 8.26. The fraction of sp³-hybridized carbons (Fsp3) is 0.682. The molecule has 27 heavy (non-hydrogen) atoms. The summed E-state index contributed by atoms with van der Waals surface area (Å²) in [4.78, 5) is 7.34. The van der Waals surface area contributed by atoms with Gasteiger partial charge in [0.05, 0.1) is 12.7 Å². The molecule has 2 fully saturated rings. The second-order valence-electron chi connectivity index (χ2n) is 8.26. The summed E-state index contributed by atoms with van der Waals surface area (Å²) in [7, 11) is 0. The Morgan fingerprint density at radius 3 is 2.81 bits per heavy atom. The summed E-state index contributed by atoms with van der Waals surface area (Å²) in [6, 6.07) is 10.8. The number of benzene rings is 1. The molecule has 0 bridgehead atoms. The minimum absolute atomic E-state index is 0.236. The van der Waals surface area contributed by atoms with Gasteiger partial charge in [-0.15, -0.1) is 0 Å². The van der Waals surface area contributed by atoms with Gasteiger partial charge in [-0.05, 0) is 36.7 Å². The van der Waals surface area contributed by atoms with E-state index in [9.17, 15) is 0 Å². The number of nitrogens with one attached hydrogen (secondary N) is 2. The molecule has 1 saturated heterocycles. The molecule has 2 aliphatic rings. The third-order valence-corrected chi connectivity index (χ3v) is 5.32. The van der Waals surface area contributed by atoms with Crippen molar-refractivity contribution in [2.75, 3.05) is 45.9 Å². The molecule has 1 heterocycles. The van der Waals surface area contributed by atoms with E-state index in [1.165, 1.54) is 12.0 Å². The number of morpholine rings is 1. The molecule has 1 aliphatic carbocycles. The molecule has 2 N–H and O–H groups in total. The Bertz CT molecular complexity index is 589. The number of guanidine groups is 1. The standard InChI is InChI=1S/C22H36N4O/c1-4-23-22(24-13-19-12-21(19)18-8-6-5-7-9-18)25-14-20-16-26(10-11-27-20)15-17(2)3/h5-9,17,19-21H,4,10-16H2,1-3H3,(H2,23,24,25). The fourth-order valence-corrected chi connectivity index (χ4v) is 3.90. The molecule has 3 atom stereocenters. The molecule has 150 valence electrons. The second kappa shape index (κ2) is 10.1. The van der Waals surface area contributed by atoms with Crippen molar-refractivity contribution in [2.45, 2.75) is 39.2 Å². The first-order chi connectivity index (χ1) is 13.2. The monoisotopic (exact) mass is 372 g/mol. The van der Waals surface area contributed by atoms with Gasteiger partial charge in [0.2, 0.25) is 0 Å². The van der Waals surface area contributed by atoms with Crippen molar-refractivity contribution in [2.24, 2.45) is 16.8 Å². The number of aliphatic imine (C=N–C) groups is 1. The van der Waals surface area contributed by atoms with Crippen LogP contribution in [0.4, 0.5) is 0 Å². The third-order valence-electron chi connectivity index (χ3n) is 5.32.